The molecule has 0 aromatic carbocycles. The summed E-state index contributed by atoms with van der Waals surface area (Å²) < 4.78 is 5.47. The van der Waals surface area contributed by atoms with Crippen molar-refractivity contribution < 1.29 is 9.53 Å². The molecule has 1 aliphatic rings. The van der Waals surface area contributed by atoms with Gasteiger partial charge >= 0.3 is 0 Å². The summed E-state index contributed by atoms with van der Waals surface area (Å²) in [5, 5.41) is 6.62. The zero-order valence-corrected chi connectivity index (χ0v) is 18.7. The van der Waals surface area contributed by atoms with Crippen LogP contribution in [0.2, 0.25) is 0 Å². The fraction of sp³-hybridized carbons (Fsp3) is 0.882. The van der Waals surface area contributed by atoms with Crippen molar-refractivity contribution in [1.29, 1.82) is 0 Å². The Morgan fingerprint density at radius 2 is 1.88 bits per heavy atom. The van der Waals surface area contributed by atoms with Gasteiger partial charge in [0.1, 0.15) is 6.54 Å². The highest BCUT2D eigenvalue weighted by Crippen LogP contribution is 2.12. The van der Waals surface area contributed by atoms with Crippen molar-refractivity contribution in [3.63, 3.8) is 0 Å². The van der Waals surface area contributed by atoms with Gasteiger partial charge in [-0.3, -0.25) is 9.69 Å². The number of hydrogen-bond donors (Lipinski definition) is 2. The first-order valence-electron chi connectivity index (χ1n) is 8.98. The molecule has 0 aromatic heterocycles. The maximum absolute atomic E-state index is 11.7. The molecule has 0 spiro atoms. The number of nitrogens with one attached hydrogen (secondary N) is 2. The Bertz CT molecular complexity index is 398. The second-order valence-corrected chi connectivity index (χ2v) is 6.80. The van der Waals surface area contributed by atoms with Gasteiger partial charge in [-0.2, -0.15) is 0 Å². The van der Waals surface area contributed by atoms with E-state index in [1.807, 2.05) is 6.92 Å². The van der Waals surface area contributed by atoms with E-state index in [0.717, 1.165) is 45.8 Å². The van der Waals surface area contributed by atoms with Crippen molar-refractivity contribution in [3.05, 3.63) is 0 Å². The third-order valence-corrected chi connectivity index (χ3v) is 4.03. The Kier molecular flexibility index (Phi) is 13.2. The highest BCUT2D eigenvalue weighted by atomic mass is 127. The van der Waals surface area contributed by atoms with Crippen molar-refractivity contribution in [3.8, 4) is 0 Å². The number of carbonyl (C=O) groups is 1. The summed E-state index contributed by atoms with van der Waals surface area (Å²) in [4.78, 5) is 20.2. The number of halogens is 1. The number of carbonyl (C=O) groups excluding carboxylic acids is 1. The van der Waals surface area contributed by atoms with Gasteiger partial charge in [0.15, 0.2) is 5.96 Å². The van der Waals surface area contributed by atoms with E-state index in [4.69, 9.17) is 4.74 Å². The summed E-state index contributed by atoms with van der Waals surface area (Å²) in [5.74, 6) is 1.34. The third kappa shape index (κ3) is 10.2. The molecule has 2 N–H and O–H groups in total. The fourth-order valence-electron chi connectivity index (χ4n) is 2.69. The normalized spacial score (nSPS) is 17.0. The van der Waals surface area contributed by atoms with Gasteiger partial charge in [0.2, 0.25) is 5.91 Å². The van der Waals surface area contributed by atoms with Crippen LogP contribution in [0.4, 0.5) is 0 Å². The van der Waals surface area contributed by atoms with Gasteiger partial charge in [-0.05, 0) is 19.3 Å². The molecule has 1 rings (SSSR count). The van der Waals surface area contributed by atoms with Crippen molar-refractivity contribution in [1.82, 2.24) is 20.4 Å². The quantitative estimate of drug-likeness (QED) is 0.316. The lowest BCUT2D eigenvalue weighted by atomic mass is 10.0. The second kappa shape index (κ2) is 13.6. The Hall–Kier alpha value is -0.610. The van der Waals surface area contributed by atoms with Crippen LogP contribution in [-0.4, -0.2) is 87.7 Å². The number of amides is 1. The van der Waals surface area contributed by atoms with Gasteiger partial charge in [0.05, 0.1) is 13.2 Å². The van der Waals surface area contributed by atoms with Gasteiger partial charge in [-0.25, -0.2) is 4.99 Å². The van der Waals surface area contributed by atoms with E-state index < -0.39 is 0 Å². The molecular weight excluding hydrogens is 433 g/mol. The summed E-state index contributed by atoms with van der Waals surface area (Å²) in [7, 11) is 3.49. The topological polar surface area (TPSA) is 69.2 Å². The molecule has 1 heterocycles. The van der Waals surface area contributed by atoms with Gasteiger partial charge in [0.25, 0.3) is 0 Å². The average molecular weight is 469 g/mol. The number of morpholine rings is 1. The van der Waals surface area contributed by atoms with Crippen LogP contribution in [0, 0.1) is 5.92 Å². The minimum atomic E-state index is -0.000822. The minimum Gasteiger partial charge on any atom is -0.379 e. The molecule has 0 bridgehead atoms. The minimum absolute atomic E-state index is 0. The maximum atomic E-state index is 11.7. The highest BCUT2D eigenvalue weighted by Gasteiger charge is 2.22. The van der Waals surface area contributed by atoms with Gasteiger partial charge in [-0.1, -0.05) is 13.8 Å². The molecule has 0 saturated carbocycles. The summed E-state index contributed by atoms with van der Waals surface area (Å²) in [5.41, 5.74) is 0. The van der Waals surface area contributed by atoms with E-state index in [0.29, 0.717) is 17.9 Å². The second-order valence-electron chi connectivity index (χ2n) is 6.80. The number of nitrogens with zero attached hydrogens (tertiary/aromatic N) is 3. The zero-order chi connectivity index (χ0) is 17.9. The first-order valence-corrected chi connectivity index (χ1v) is 8.98. The predicted octanol–water partition coefficient (Wildman–Crippen LogP) is 0.995. The summed E-state index contributed by atoms with van der Waals surface area (Å²) in [6, 6.07) is 0.447. The van der Waals surface area contributed by atoms with Gasteiger partial charge < -0.3 is 20.3 Å². The van der Waals surface area contributed by atoms with E-state index in [-0.39, 0.29) is 36.4 Å². The molecule has 0 radical (unpaired) electrons. The largest absolute Gasteiger partial charge is 0.379 e. The van der Waals surface area contributed by atoms with Crippen LogP contribution in [-0.2, 0) is 9.53 Å². The third-order valence-electron chi connectivity index (χ3n) is 4.03. The number of hydrogen-bond acceptors (Lipinski definition) is 4. The predicted molar refractivity (Wildman–Crippen MR) is 114 cm³/mol. The Morgan fingerprint density at radius 1 is 1.24 bits per heavy atom. The number of likely N-dealkylation sites (N-methyl/N-ethyl adjacent to an activating group) is 1. The zero-order valence-electron chi connectivity index (χ0n) is 16.4. The molecule has 1 unspecified atom stereocenters. The van der Waals surface area contributed by atoms with E-state index in [1.54, 1.807) is 19.0 Å². The molecule has 1 atom stereocenters. The van der Waals surface area contributed by atoms with Crippen molar-refractivity contribution in [2.45, 2.75) is 33.2 Å². The van der Waals surface area contributed by atoms with Crippen LogP contribution in [0.3, 0.4) is 0 Å². The molecule has 1 aliphatic heterocycles. The van der Waals surface area contributed by atoms with Crippen LogP contribution < -0.4 is 10.6 Å². The average Bonchev–Trinajstić information content (AvgIpc) is 2.56. The number of ether oxygens (including phenoxy) is 1. The Labute approximate surface area is 170 Å². The Balaban J connectivity index is 0.00000576. The van der Waals surface area contributed by atoms with E-state index >= 15 is 0 Å². The lowest BCUT2D eigenvalue weighted by Crippen LogP contribution is -2.51. The van der Waals surface area contributed by atoms with Gasteiger partial charge in [0, 0.05) is 46.3 Å². The van der Waals surface area contributed by atoms with Crippen LogP contribution in [0.15, 0.2) is 4.99 Å². The summed E-state index contributed by atoms with van der Waals surface area (Å²) in [6.07, 6.45) is 1.13. The molecule has 7 nitrogen and oxygen atoms in total. The SMILES string of the molecule is CCNC(=NCC(=O)N(C)C)NCC(CC(C)C)N1CCOCC1.I. The van der Waals surface area contributed by atoms with Crippen LogP contribution >= 0.6 is 24.0 Å². The Morgan fingerprint density at radius 3 is 2.40 bits per heavy atom. The van der Waals surface area contributed by atoms with Gasteiger partial charge in [-0.15, -0.1) is 24.0 Å². The van der Waals surface area contributed by atoms with Crippen molar-refractivity contribution in [2.75, 3.05) is 60.0 Å². The highest BCUT2D eigenvalue weighted by molar-refractivity contribution is 14.0. The van der Waals surface area contributed by atoms with Crippen molar-refractivity contribution >= 4 is 35.8 Å². The van der Waals surface area contributed by atoms with Crippen LogP contribution in [0.25, 0.3) is 0 Å². The number of aliphatic imine (C=N–C) groups is 1. The van der Waals surface area contributed by atoms with Crippen LogP contribution in [0.5, 0.6) is 0 Å². The van der Waals surface area contributed by atoms with E-state index in [1.165, 1.54) is 0 Å². The molecule has 0 aliphatic carbocycles. The lowest BCUT2D eigenvalue weighted by Gasteiger charge is -2.35. The molecule has 1 amide bonds. The monoisotopic (exact) mass is 469 g/mol. The molecule has 148 valence electrons. The first-order chi connectivity index (χ1) is 11.4. The molecule has 0 aromatic rings. The number of guanidine groups is 1. The van der Waals surface area contributed by atoms with Crippen molar-refractivity contribution in [2.24, 2.45) is 10.9 Å². The molecule has 8 heteroatoms. The summed E-state index contributed by atoms with van der Waals surface area (Å²) in [6.45, 7) is 11.9. The van der Waals surface area contributed by atoms with E-state index in [2.05, 4.69) is 34.4 Å². The fourth-order valence-corrected chi connectivity index (χ4v) is 2.69. The smallest absolute Gasteiger partial charge is 0.243 e. The molecular formula is C17H36IN5O2. The standard InChI is InChI=1S/C17H35N5O2.HI/c1-6-18-17(20-13-16(23)21(4)5)19-12-15(11-14(2)3)22-7-9-24-10-8-22;/h14-15H,6-13H2,1-5H3,(H2,18,19,20);1H. The molecule has 1 fully saturated rings. The summed E-state index contributed by atoms with van der Waals surface area (Å²) >= 11 is 0. The van der Waals surface area contributed by atoms with Crippen LogP contribution in [0.1, 0.15) is 27.2 Å². The number of rotatable bonds is 8. The molecule has 25 heavy (non-hydrogen) atoms. The maximum Gasteiger partial charge on any atom is 0.243 e. The first kappa shape index (κ1) is 24.4. The lowest BCUT2D eigenvalue weighted by molar-refractivity contribution is -0.127. The van der Waals surface area contributed by atoms with E-state index in [9.17, 15) is 4.79 Å². The molecule has 1 saturated heterocycles.